The van der Waals surface area contributed by atoms with Crippen molar-refractivity contribution in [3.05, 3.63) is 48.0 Å². The number of nitrogens with one attached hydrogen (secondary N) is 1. The van der Waals surface area contributed by atoms with E-state index in [0.29, 0.717) is 13.1 Å². The summed E-state index contributed by atoms with van der Waals surface area (Å²) in [5.74, 6) is -4.29. The number of amides is 2. The minimum absolute atomic E-state index is 0.0803. The molecule has 3 rings (SSSR count). The minimum Gasteiger partial charge on any atom is -0.320 e. The average molecular weight is 324 g/mol. The van der Waals surface area contributed by atoms with Gasteiger partial charge in [-0.2, -0.15) is 5.10 Å². The van der Waals surface area contributed by atoms with E-state index in [0.717, 1.165) is 25.0 Å². The van der Waals surface area contributed by atoms with E-state index < -0.39 is 23.5 Å². The van der Waals surface area contributed by atoms with Crippen molar-refractivity contribution in [1.29, 1.82) is 0 Å². The average Bonchev–Trinajstić information content (AvgIpc) is 3.20. The summed E-state index contributed by atoms with van der Waals surface area (Å²) in [6, 6.07) is 2.95. The van der Waals surface area contributed by atoms with Crippen LogP contribution in [0.15, 0.2) is 30.6 Å². The zero-order chi connectivity index (χ0) is 16.4. The molecule has 1 aliphatic rings. The molecule has 0 radical (unpaired) electrons. The van der Waals surface area contributed by atoms with E-state index in [1.54, 1.807) is 28.0 Å². The molecule has 0 aliphatic carbocycles. The third-order valence-electron chi connectivity index (χ3n) is 3.87. The lowest BCUT2D eigenvalue weighted by atomic mass is 10.2. The standard InChI is InChI=1S/C15H15F3N4O/c16-11-4-5-12(14(18)13(11)17)20-15(23)22-8-1-3-10(22)9-21-7-2-6-19-21/h2,4-7,10H,1,3,8-9H2,(H,20,23)/t10-/m0/s1. The molecule has 122 valence electrons. The van der Waals surface area contributed by atoms with Gasteiger partial charge in [0.1, 0.15) is 0 Å². The molecule has 1 aromatic heterocycles. The van der Waals surface area contributed by atoms with Crippen LogP contribution in [0.25, 0.3) is 0 Å². The number of halogens is 3. The van der Waals surface area contributed by atoms with Crippen LogP contribution in [0.5, 0.6) is 0 Å². The van der Waals surface area contributed by atoms with Crippen LogP contribution in [0.4, 0.5) is 23.7 Å². The second-order valence-electron chi connectivity index (χ2n) is 5.37. The smallest absolute Gasteiger partial charge is 0.320 e. The molecule has 0 saturated carbocycles. The maximum Gasteiger partial charge on any atom is 0.322 e. The molecule has 2 aromatic rings. The van der Waals surface area contributed by atoms with E-state index in [2.05, 4.69) is 10.4 Å². The molecule has 0 bridgehead atoms. The van der Waals surface area contributed by atoms with Crippen LogP contribution in [0, 0.1) is 17.5 Å². The van der Waals surface area contributed by atoms with Gasteiger partial charge in [-0.05, 0) is 31.0 Å². The summed E-state index contributed by atoms with van der Waals surface area (Å²) < 4.78 is 41.5. The van der Waals surface area contributed by atoms with Gasteiger partial charge in [-0.15, -0.1) is 0 Å². The number of nitrogens with zero attached hydrogens (tertiary/aromatic N) is 3. The molecule has 1 fully saturated rings. The van der Waals surface area contributed by atoms with Crippen LogP contribution in [-0.2, 0) is 6.54 Å². The van der Waals surface area contributed by atoms with Crippen LogP contribution < -0.4 is 5.32 Å². The molecule has 5 nitrogen and oxygen atoms in total. The van der Waals surface area contributed by atoms with Gasteiger partial charge in [-0.25, -0.2) is 18.0 Å². The molecule has 0 spiro atoms. The van der Waals surface area contributed by atoms with Crippen LogP contribution in [-0.4, -0.2) is 33.3 Å². The number of anilines is 1. The monoisotopic (exact) mass is 324 g/mol. The Morgan fingerprint density at radius 1 is 1.30 bits per heavy atom. The molecule has 1 atom stereocenters. The first-order valence-electron chi connectivity index (χ1n) is 7.25. The summed E-state index contributed by atoms with van der Waals surface area (Å²) in [6.07, 6.45) is 5.06. The van der Waals surface area contributed by atoms with Gasteiger partial charge in [-0.3, -0.25) is 4.68 Å². The number of benzene rings is 1. The number of rotatable bonds is 3. The molecule has 1 saturated heterocycles. The fraction of sp³-hybridized carbons (Fsp3) is 0.333. The second kappa shape index (κ2) is 6.31. The van der Waals surface area contributed by atoms with E-state index >= 15 is 0 Å². The fourth-order valence-electron chi connectivity index (χ4n) is 2.73. The Labute approximate surface area is 130 Å². The Balaban J connectivity index is 1.71. The van der Waals surface area contributed by atoms with Gasteiger partial charge < -0.3 is 10.2 Å². The molecular formula is C15H15F3N4O. The predicted octanol–water partition coefficient (Wildman–Crippen LogP) is 3.00. The SMILES string of the molecule is O=C(Nc1ccc(F)c(F)c1F)N1CCC[C@H]1Cn1cccn1. The summed E-state index contributed by atoms with van der Waals surface area (Å²) in [5.41, 5.74) is -0.376. The Morgan fingerprint density at radius 3 is 2.87 bits per heavy atom. The van der Waals surface area contributed by atoms with Gasteiger partial charge in [0, 0.05) is 18.9 Å². The van der Waals surface area contributed by atoms with Crippen molar-refractivity contribution in [3.63, 3.8) is 0 Å². The summed E-state index contributed by atoms with van der Waals surface area (Å²) in [6.45, 7) is 1.05. The highest BCUT2D eigenvalue weighted by Crippen LogP contribution is 2.23. The number of hydrogen-bond acceptors (Lipinski definition) is 2. The zero-order valence-corrected chi connectivity index (χ0v) is 12.2. The lowest BCUT2D eigenvalue weighted by molar-refractivity contribution is 0.199. The Morgan fingerprint density at radius 2 is 2.13 bits per heavy atom. The normalized spacial score (nSPS) is 17.5. The van der Waals surface area contributed by atoms with E-state index in [4.69, 9.17) is 0 Å². The first-order chi connectivity index (χ1) is 11.1. The Bertz CT molecular complexity index is 705. The number of urea groups is 1. The largest absolute Gasteiger partial charge is 0.322 e. The van der Waals surface area contributed by atoms with Crippen LogP contribution >= 0.6 is 0 Å². The lowest BCUT2D eigenvalue weighted by Crippen LogP contribution is -2.41. The summed E-state index contributed by atoms with van der Waals surface area (Å²) in [5, 5.41) is 6.41. The third-order valence-corrected chi connectivity index (χ3v) is 3.87. The van der Waals surface area contributed by atoms with Crippen molar-refractivity contribution < 1.29 is 18.0 Å². The van der Waals surface area contributed by atoms with Gasteiger partial charge in [0.15, 0.2) is 17.5 Å². The first kappa shape index (κ1) is 15.4. The Hall–Kier alpha value is -2.51. The number of carbonyl (C=O) groups excluding carboxylic acids is 1. The van der Waals surface area contributed by atoms with Crippen molar-refractivity contribution in [2.45, 2.75) is 25.4 Å². The topological polar surface area (TPSA) is 50.2 Å². The van der Waals surface area contributed by atoms with Crippen LogP contribution in [0.1, 0.15) is 12.8 Å². The maximum absolute atomic E-state index is 13.6. The highest BCUT2D eigenvalue weighted by molar-refractivity contribution is 5.89. The molecule has 23 heavy (non-hydrogen) atoms. The van der Waals surface area contributed by atoms with Gasteiger partial charge >= 0.3 is 6.03 Å². The van der Waals surface area contributed by atoms with Crippen molar-refractivity contribution in [3.8, 4) is 0 Å². The van der Waals surface area contributed by atoms with Crippen molar-refractivity contribution in [2.75, 3.05) is 11.9 Å². The highest BCUT2D eigenvalue weighted by Gasteiger charge is 2.30. The van der Waals surface area contributed by atoms with E-state index in [1.165, 1.54) is 0 Å². The van der Waals surface area contributed by atoms with Gasteiger partial charge in [-0.1, -0.05) is 0 Å². The van der Waals surface area contributed by atoms with Gasteiger partial charge in [0.25, 0.3) is 0 Å². The fourth-order valence-corrected chi connectivity index (χ4v) is 2.73. The molecule has 1 N–H and O–H groups in total. The van der Waals surface area contributed by atoms with Crippen LogP contribution in [0.2, 0.25) is 0 Å². The third kappa shape index (κ3) is 3.15. The summed E-state index contributed by atoms with van der Waals surface area (Å²) in [4.78, 5) is 13.9. The van der Waals surface area contributed by atoms with Gasteiger partial charge in [0.05, 0.1) is 18.3 Å². The molecule has 1 aliphatic heterocycles. The second-order valence-corrected chi connectivity index (χ2v) is 5.37. The van der Waals surface area contributed by atoms with E-state index in [1.807, 2.05) is 0 Å². The van der Waals surface area contributed by atoms with Gasteiger partial charge in [0.2, 0.25) is 0 Å². The Kier molecular flexibility index (Phi) is 4.22. The van der Waals surface area contributed by atoms with Crippen molar-refractivity contribution >= 4 is 11.7 Å². The van der Waals surface area contributed by atoms with E-state index in [-0.39, 0.29) is 11.7 Å². The summed E-state index contributed by atoms with van der Waals surface area (Å²) in [7, 11) is 0. The predicted molar refractivity (Wildman–Crippen MR) is 77.3 cm³/mol. The number of aromatic nitrogens is 2. The molecule has 2 amide bonds. The zero-order valence-electron chi connectivity index (χ0n) is 12.2. The van der Waals surface area contributed by atoms with Crippen molar-refractivity contribution in [1.82, 2.24) is 14.7 Å². The maximum atomic E-state index is 13.6. The molecule has 1 aromatic carbocycles. The number of carbonyl (C=O) groups is 1. The molecule has 0 unspecified atom stereocenters. The molecular weight excluding hydrogens is 309 g/mol. The first-order valence-corrected chi connectivity index (χ1v) is 7.25. The number of hydrogen-bond donors (Lipinski definition) is 1. The lowest BCUT2D eigenvalue weighted by Gasteiger charge is -2.25. The van der Waals surface area contributed by atoms with Crippen LogP contribution in [0.3, 0.4) is 0 Å². The minimum atomic E-state index is -1.60. The van der Waals surface area contributed by atoms with E-state index in [9.17, 15) is 18.0 Å². The van der Waals surface area contributed by atoms with Crippen molar-refractivity contribution in [2.24, 2.45) is 0 Å². The summed E-state index contributed by atoms with van der Waals surface area (Å²) >= 11 is 0. The molecule has 2 heterocycles. The number of likely N-dealkylation sites (tertiary alicyclic amines) is 1. The highest BCUT2D eigenvalue weighted by atomic mass is 19.2. The quantitative estimate of drug-likeness (QED) is 0.883. The molecule has 8 heteroatoms.